The number of carbonyl (C=O) groups is 1. The number of nitrogens with zero attached hydrogens (tertiary/aromatic N) is 1. The highest BCUT2D eigenvalue weighted by Gasteiger charge is 2.00. The fourth-order valence-corrected chi connectivity index (χ4v) is 0.717. The van der Waals surface area contributed by atoms with Gasteiger partial charge in [-0.05, 0) is 12.1 Å². The second-order valence-corrected chi connectivity index (χ2v) is 1.87. The maximum Gasteiger partial charge on any atom is 0.265 e. The predicted octanol–water partition coefficient (Wildman–Crippen LogP) is 0.968. The molecule has 2 N–H and O–H groups in total. The summed E-state index contributed by atoms with van der Waals surface area (Å²) in [5.74, 6) is -0.387. The van der Waals surface area contributed by atoms with Gasteiger partial charge in [0.15, 0.2) is 0 Å². The van der Waals surface area contributed by atoms with Crippen molar-refractivity contribution in [3.8, 4) is 0 Å². The van der Waals surface area contributed by atoms with Crippen molar-refractivity contribution in [2.75, 3.05) is 0 Å². The van der Waals surface area contributed by atoms with Crippen LogP contribution in [0.2, 0.25) is 0 Å². The first-order valence-electron chi connectivity index (χ1n) is 2.63. The van der Waals surface area contributed by atoms with E-state index in [1.807, 2.05) is 0 Å². The van der Waals surface area contributed by atoms with Gasteiger partial charge in [0.25, 0.3) is 5.91 Å². The van der Waals surface area contributed by atoms with Crippen LogP contribution in [0.5, 0.6) is 0 Å². The molecule has 1 amide bonds. The number of hydrogen-bond acceptors (Lipinski definition) is 1. The molecule has 0 spiro atoms. The molecule has 0 aromatic carbocycles. The molecule has 0 bridgehead atoms. The van der Waals surface area contributed by atoms with E-state index in [0.29, 0.717) is 5.69 Å². The van der Waals surface area contributed by atoms with Crippen LogP contribution in [0.15, 0.2) is 18.3 Å². The third-order valence-corrected chi connectivity index (χ3v) is 1.20. The van der Waals surface area contributed by atoms with Crippen LogP contribution in [0, 0.1) is 0 Å². The lowest BCUT2D eigenvalue weighted by Gasteiger charge is -1.94. The van der Waals surface area contributed by atoms with Crippen molar-refractivity contribution in [2.45, 2.75) is 0 Å². The SMILES string of the molecule is Cl.Cl.Cn1cccc1C(N)=O. The summed E-state index contributed by atoms with van der Waals surface area (Å²) in [5.41, 5.74) is 5.54. The van der Waals surface area contributed by atoms with Crippen LogP contribution >= 0.6 is 24.8 Å². The van der Waals surface area contributed by atoms with E-state index in [0.717, 1.165) is 0 Å². The smallest absolute Gasteiger partial charge is 0.265 e. The van der Waals surface area contributed by atoms with Crippen molar-refractivity contribution in [2.24, 2.45) is 12.8 Å². The Hall–Kier alpha value is -0.670. The summed E-state index contributed by atoms with van der Waals surface area (Å²) < 4.78 is 1.68. The number of primary amides is 1. The zero-order valence-corrected chi connectivity index (χ0v) is 7.61. The number of carbonyl (C=O) groups excluding carboxylic acids is 1. The quantitative estimate of drug-likeness (QED) is 0.716. The van der Waals surface area contributed by atoms with Crippen LogP contribution in [0.4, 0.5) is 0 Å². The standard InChI is InChI=1S/C6H8N2O.2ClH/c1-8-4-2-3-5(8)6(7)9;;/h2-4H,1H3,(H2,7,9);2*1H. The van der Waals surface area contributed by atoms with E-state index in [1.54, 1.807) is 29.9 Å². The van der Waals surface area contributed by atoms with Gasteiger partial charge in [-0.2, -0.15) is 0 Å². The fourth-order valence-electron chi connectivity index (χ4n) is 0.717. The molecule has 0 aliphatic carbocycles. The Balaban J connectivity index is 0. The van der Waals surface area contributed by atoms with Gasteiger partial charge in [-0.15, -0.1) is 24.8 Å². The third-order valence-electron chi connectivity index (χ3n) is 1.20. The molecule has 0 saturated heterocycles. The van der Waals surface area contributed by atoms with Gasteiger partial charge >= 0.3 is 0 Å². The van der Waals surface area contributed by atoms with Crippen molar-refractivity contribution in [3.05, 3.63) is 24.0 Å². The first-order chi connectivity index (χ1) is 4.22. The lowest BCUT2D eigenvalue weighted by atomic mass is 10.4. The minimum absolute atomic E-state index is 0. The molecule has 0 aliphatic rings. The largest absolute Gasteiger partial charge is 0.364 e. The summed E-state index contributed by atoms with van der Waals surface area (Å²) in [6.07, 6.45) is 1.78. The molecule has 11 heavy (non-hydrogen) atoms. The Bertz CT molecular complexity index is 234. The molecule has 0 unspecified atom stereocenters. The molecule has 3 nitrogen and oxygen atoms in total. The van der Waals surface area contributed by atoms with E-state index in [1.165, 1.54) is 0 Å². The van der Waals surface area contributed by atoms with Gasteiger partial charge in [0.05, 0.1) is 0 Å². The van der Waals surface area contributed by atoms with Crippen LogP contribution in [-0.4, -0.2) is 10.5 Å². The zero-order valence-electron chi connectivity index (χ0n) is 5.98. The fraction of sp³-hybridized carbons (Fsp3) is 0.167. The first-order valence-corrected chi connectivity index (χ1v) is 2.63. The van der Waals surface area contributed by atoms with Crippen molar-refractivity contribution >= 4 is 30.7 Å². The third kappa shape index (κ3) is 2.82. The van der Waals surface area contributed by atoms with Gasteiger partial charge < -0.3 is 10.3 Å². The number of rotatable bonds is 1. The van der Waals surface area contributed by atoms with E-state index in [4.69, 9.17) is 5.73 Å². The van der Waals surface area contributed by atoms with Crippen LogP contribution in [0.1, 0.15) is 10.5 Å². The molecule has 0 aliphatic heterocycles. The summed E-state index contributed by atoms with van der Waals surface area (Å²) in [5, 5.41) is 0. The topological polar surface area (TPSA) is 48.0 Å². The minimum Gasteiger partial charge on any atom is -0.364 e. The highest BCUT2D eigenvalue weighted by atomic mass is 35.5. The average Bonchev–Trinajstić information content (AvgIpc) is 2.13. The number of nitrogens with two attached hydrogens (primary N) is 1. The van der Waals surface area contributed by atoms with Crippen molar-refractivity contribution in [1.29, 1.82) is 0 Å². The van der Waals surface area contributed by atoms with Gasteiger partial charge in [-0.25, -0.2) is 0 Å². The maximum atomic E-state index is 10.5. The number of aromatic nitrogens is 1. The number of aryl methyl sites for hydroxylation is 1. The number of hydrogen-bond donors (Lipinski definition) is 1. The summed E-state index contributed by atoms with van der Waals surface area (Å²) in [4.78, 5) is 10.5. The zero-order chi connectivity index (χ0) is 6.85. The van der Waals surface area contributed by atoms with Crippen molar-refractivity contribution < 1.29 is 4.79 Å². The highest BCUT2D eigenvalue weighted by Crippen LogP contribution is 1.96. The summed E-state index contributed by atoms with van der Waals surface area (Å²) in [6, 6.07) is 3.46. The Kier molecular flexibility index (Phi) is 5.94. The van der Waals surface area contributed by atoms with E-state index >= 15 is 0 Å². The van der Waals surface area contributed by atoms with Crippen LogP contribution < -0.4 is 5.73 Å². The Labute approximate surface area is 77.4 Å². The van der Waals surface area contributed by atoms with Crippen LogP contribution in [-0.2, 0) is 7.05 Å². The molecule has 1 rings (SSSR count). The van der Waals surface area contributed by atoms with Crippen molar-refractivity contribution in [1.82, 2.24) is 4.57 Å². The Morgan fingerprint density at radius 3 is 2.27 bits per heavy atom. The molecular formula is C6H10Cl2N2O. The molecule has 0 radical (unpaired) electrons. The lowest BCUT2D eigenvalue weighted by molar-refractivity contribution is 0.0992. The normalized spacial score (nSPS) is 7.73. The van der Waals surface area contributed by atoms with E-state index in [9.17, 15) is 4.79 Å². The predicted molar refractivity (Wildman–Crippen MR) is 48.4 cm³/mol. The molecule has 1 aromatic rings. The van der Waals surface area contributed by atoms with E-state index in [-0.39, 0.29) is 30.7 Å². The molecule has 1 heterocycles. The monoisotopic (exact) mass is 196 g/mol. The second-order valence-electron chi connectivity index (χ2n) is 1.87. The minimum atomic E-state index is -0.387. The molecule has 1 aromatic heterocycles. The maximum absolute atomic E-state index is 10.5. The van der Waals surface area contributed by atoms with Crippen molar-refractivity contribution in [3.63, 3.8) is 0 Å². The van der Waals surface area contributed by atoms with Gasteiger partial charge in [-0.3, -0.25) is 4.79 Å². The van der Waals surface area contributed by atoms with Gasteiger partial charge in [-0.1, -0.05) is 0 Å². The summed E-state index contributed by atoms with van der Waals surface area (Å²) >= 11 is 0. The Morgan fingerprint density at radius 2 is 2.09 bits per heavy atom. The van der Waals surface area contributed by atoms with E-state index in [2.05, 4.69) is 0 Å². The first kappa shape index (κ1) is 13.0. The molecule has 5 heteroatoms. The average molecular weight is 197 g/mol. The van der Waals surface area contributed by atoms with Gasteiger partial charge in [0, 0.05) is 13.2 Å². The molecule has 0 atom stereocenters. The van der Waals surface area contributed by atoms with Gasteiger partial charge in [0.2, 0.25) is 0 Å². The lowest BCUT2D eigenvalue weighted by Crippen LogP contribution is -2.14. The highest BCUT2D eigenvalue weighted by molar-refractivity contribution is 5.91. The van der Waals surface area contributed by atoms with Gasteiger partial charge in [0.1, 0.15) is 5.69 Å². The molecular weight excluding hydrogens is 187 g/mol. The van der Waals surface area contributed by atoms with Crippen LogP contribution in [0.3, 0.4) is 0 Å². The number of halogens is 2. The second kappa shape index (κ2) is 5.04. The number of amides is 1. The molecule has 64 valence electrons. The van der Waals surface area contributed by atoms with Crippen LogP contribution in [0.25, 0.3) is 0 Å². The summed E-state index contributed by atoms with van der Waals surface area (Å²) in [7, 11) is 1.78. The Morgan fingerprint density at radius 1 is 1.55 bits per heavy atom. The molecule has 0 saturated carbocycles. The van der Waals surface area contributed by atoms with E-state index < -0.39 is 0 Å². The summed E-state index contributed by atoms with van der Waals surface area (Å²) in [6.45, 7) is 0. The molecule has 0 fully saturated rings.